The van der Waals surface area contributed by atoms with Crippen LogP contribution in [-0.4, -0.2) is 35.0 Å². The molecule has 0 saturated carbocycles. The Bertz CT molecular complexity index is 428. The van der Waals surface area contributed by atoms with E-state index in [0.29, 0.717) is 17.5 Å². The molecular weight excluding hydrogens is 238 g/mol. The van der Waals surface area contributed by atoms with E-state index in [4.69, 9.17) is 0 Å². The summed E-state index contributed by atoms with van der Waals surface area (Å²) in [5.74, 6) is 0.168. The summed E-state index contributed by atoms with van der Waals surface area (Å²) in [6.07, 6.45) is 2.88. The van der Waals surface area contributed by atoms with Gasteiger partial charge in [0.1, 0.15) is 5.01 Å². The Balaban J connectivity index is 1.98. The van der Waals surface area contributed by atoms with Crippen molar-refractivity contribution in [3.05, 3.63) is 5.01 Å². The molecule has 1 aromatic rings. The average Bonchev–Trinajstić information content (AvgIpc) is 2.62. The number of carbonyl (C=O) groups excluding carboxylic acids is 1. The third kappa shape index (κ3) is 3.23. The Labute approximate surface area is 104 Å². The molecule has 2 heterocycles. The molecule has 1 aliphatic rings. The van der Waals surface area contributed by atoms with Gasteiger partial charge in [0.2, 0.25) is 5.13 Å². The number of aliphatic imine (C=N–C) groups is 1. The minimum atomic E-state index is -0.231. The summed E-state index contributed by atoms with van der Waals surface area (Å²) in [6, 6.07) is 0. The third-order valence-electron chi connectivity index (χ3n) is 2.35. The van der Waals surface area contributed by atoms with Crippen molar-refractivity contribution in [2.24, 2.45) is 4.99 Å². The number of hydrogen-bond donors (Lipinski definition) is 2. The Morgan fingerprint density at radius 2 is 2.35 bits per heavy atom. The summed E-state index contributed by atoms with van der Waals surface area (Å²) in [6.45, 7) is 3.50. The molecule has 1 aromatic heterocycles. The summed E-state index contributed by atoms with van der Waals surface area (Å²) in [7, 11) is 0. The molecule has 0 spiro atoms. The van der Waals surface area contributed by atoms with E-state index in [2.05, 4.69) is 25.8 Å². The highest BCUT2D eigenvalue weighted by Crippen LogP contribution is 2.15. The predicted molar refractivity (Wildman–Crippen MR) is 67.5 cm³/mol. The van der Waals surface area contributed by atoms with E-state index in [0.717, 1.165) is 30.8 Å². The van der Waals surface area contributed by atoms with Crippen molar-refractivity contribution >= 4 is 28.2 Å². The first kappa shape index (κ1) is 12.0. The van der Waals surface area contributed by atoms with Crippen LogP contribution in [0.4, 0.5) is 5.13 Å². The van der Waals surface area contributed by atoms with E-state index in [1.54, 1.807) is 0 Å². The topological polar surface area (TPSA) is 79.3 Å². The second-order valence-electron chi connectivity index (χ2n) is 3.67. The second kappa shape index (κ2) is 5.72. The summed E-state index contributed by atoms with van der Waals surface area (Å²) in [5, 5.41) is 15.0. The minimum absolute atomic E-state index is 0.231. The van der Waals surface area contributed by atoms with Crippen LogP contribution >= 0.6 is 11.3 Å². The van der Waals surface area contributed by atoms with Crippen LogP contribution in [-0.2, 0) is 11.2 Å². The first-order chi connectivity index (χ1) is 8.29. The second-order valence-corrected chi connectivity index (χ2v) is 4.73. The van der Waals surface area contributed by atoms with Gasteiger partial charge in [-0.3, -0.25) is 15.1 Å². The fraction of sp³-hybridized carbons (Fsp3) is 0.600. The molecule has 0 atom stereocenters. The minimum Gasteiger partial charge on any atom is -0.366 e. The number of aromatic nitrogens is 2. The number of amides is 1. The first-order valence-corrected chi connectivity index (χ1v) is 6.53. The lowest BCUT2D eigenvalue weighted by Gasteiger charge is -2.05. The molecule has 17 heavy (non-hydrogen) atoms. The molecule has 0 saturated heterocycles. The van der Waals surface area contributed by atoms with Gasteiger partial charge >= 0.3 is 0 Å². The SMILES string of the molecule is CCc1nnc(NC(=O)C2=NCCCCN2)s1. The van der Waals surface area contributed by atoms with E-state index < -0.39 is 0 Å². The highest BCUT2D eigenvalue weighted by Gasteiger charge is 2.14. The van der Waals surface area contributed by atoms with Crippen molar-refractivity contribution in [1.82, 2.24) is 15.5 Å². The van der Waals surface area contributed by atoms with Crippen molar-refractivity contribution in [2.45, 2.75) is 26.2 Å². The van der Waals surface area contributed by atoms with Crippen molar-refractivity contribution < 1.29 is 4.79 Å². The maximum absolute atomic E-state index is 11.9. The summed E-state index contributed by atoms with van der Waals surface area (Å²) < 4.78 is 0. The van der Waals surface area contributed by atoms with Gasteiger partial charge in [0.05, 0.1) is 0 Å². The van der Waals surface area contributed by atoms with E-state index in [1.165, 1.54) is 11.3 Å². The van der Waals surface area contributed by atoms with Crippen molar-refractivity contribution in [3.8, 4) is 0 Å². The molecule has 7 heteroatoms. The Kier molecular flexibility index (Phi) is 4.03. The number of nitrogens with one attached hydrogen (secondary N) is 2. The number of rotatable bonds is 3. The highest BCUT2D eigenvalue weighted by atomic mass is 32.1. The molecule has 0 aliphatic carbocycles. The quantitative estimate of drug-likeness (QED) is 0.836. The zero-order valence-electron chi connectivity index (χ0n) is 9.69. The van der Waals surface area contributed by atoms with E-state index in [-0.39, 0.29) is 5.91 Å². The molecule has 0 radical (unpaired) electrons. The van der Waals surface area contributed by atoms with Crippen LogP contribution in [0.3, 0.4) is 0 Å². The number of hydrogen-bond acceptors (Lipinski definition) is 6. The summed E-state index contributed by atoms with van der Waals surface area (Å²) >= 11 is 1.39. The number of amidine groups is 1. The van der Waals surface area contributed by atoms with Crippen molar-refractivity contribution in [1.29, 1.82) is 0 Å². The zero-order valence-corrected chi connectivity index (χ0v) is 10.5. The zero-order chi connectivity index (χ0) is 12.1. The number of aryl methyl sites for hydroxylation is 1. The number of nitrogens with zero attached hydrogens (tertiary/aromatic N) is 3. The van der Waals surface area contributed by atoms with Gasteiger partial charge in [-0.05, 0) is 19.3 Å². The van der Waals surface area contributed by atoms with Gasteiger partial charge in [-0.1, -0.05) is 18.3 Å². The van der Waals surface area contributed by atoms with Crippen molar-refractivity contribution in [3.63, 3.8) is 0 Å². The number of carbonyl (C=O) groups is 1. The van der Waals surface area contributed by atoms with Gasteiger partial charge in [0.25, 0.3) is 5.91 Å². The lowest BCUT2D eigenvalue weighted by Crippen LogP contribution is -2.35. The van der Waals surface area contributed by atoms with Crippen LogP contribution in [0, 0.1) is 0 Å². The molecule has 92 valence electrons. The largest absolute Gasteiger partial charge is 0.366 e. The van der Waals surface area contributed by atoms with Gasteiger partial charge < -0.3 is 5.32 Å². The molecule has 1 aliphatic heterocycles. The van der Waals surface area contributed by atoms with E-state index in [1.807, 2.05) is 6.92 Å². The van der Waals surface area contributed by atoms with Gasteiger partial charge in [0.15, 0.2) is 5.84 Å². The van der Waals surface area contributed by atoms with E-state index >= 15 is 0 Å². The Morgan fingerprint density at radius 1 is 1.47 bits per heavy atom. The van der Waals surface area contributed by atoms with Crippen LogP contribution < -0.4 is 10.6 Å². The Morgan fingerprint density at radius 3 is 3.12 bits per heavy atom. The predicted octanol–water partition coefficient (Wildman–Crippen LogP) is 0.821. The van der Waals surface area contributed by atoms with Gasteiger partial charge in [-0.15, -0.1) is 10.2 Å². The van der Waals surface area contributed by atoms with E-state index in [9.17, 15) is 4.79 Å². The van der Waals surface area contributed by atoms with Gasteiger partial charge in [0, 0.05) is 13.1 Å². The van der Waals surface area contributed by atoms with Crippen molar-refractivity contribution in [2.75, 3.05) is 18.4 Å². The molecular formula is C10H15N5OS. The molecule has 1 amide bonds. The smallest absolute Gasteiger partial charge is 0.292 e. The lowest BCUT2D eigenvalue weighted by atomic mass is 10.3. The van der Waals surface area contributed by atoms with Crippen LogP contribution in [0.1, 0.15) is 24.8 Å². The third-order valence-corrected chi connectivity index (χ3v) is 3.34. The Hall–Kier alpha value is -1.50. The fourth-order valence-electron chi connectivity index (χ4n) is 1.45. The van der Waals surface area contributed by atoms with Crippen LogP contribution in [0.5, 0.6) is 0 Å². The standard InChI is InChI=1S/C10H15N5OS/c1-2-7-14-15-10(17-7)13-9(16)8-11-5-3-4-6-12-8/h2-6H2,1H3,(H,11,12)(H,13,15,16). The lowest BCUT2D eigenvalue weighted by molar-refractivity contribution is -0.110. The molecule has 2 N–H and O–H groups in total. The maximum atomic E-state index is 11.9. The summed E-state index contributed by atoms with van der Waals surface area (Å²) in [5.41, 5.74) is 0. The first-order valence-electron chi connectivity index (χ1n) is 5.71. The molecule has 0 bridgehead atoms. The summed E-state index contributed by atoms with van der Waals surface area (Å²) in [4.78, 5) is 16.0. The van der Waals surface area contributed by atoms with Gasteiger partial charge in [-0.25, -0.2) is 0 Å². The molecule has 2 rings (SSSR count). The maximum Gasteiger partial charge on any atom is 0.292 e. The number of anilines is 1. The van der Waals surface area contributed by atoms with Crippen LogP contribution in [0.2, 0.25) is 0 Å². The molecule has 0 unspecified atom stereocenters. The normalized spacial score (nSPS) is 15.7. The monoisotopic (exact) mass is 253 g/mol. The van der Waals surface area contributed by atoms with Gasteiger partial charge in [-0.2, -0.15) is 0 Å². The highest BCUT2D eigenvalue weighted by molar-refractivity contribution is 7.15. The van der Waals surface area contributed by atoms with Crippen LogP contribution in [0.25, 0.3) is 0 Å². The average molecular weight is 253 g/mol. The van der Waals surface area contributed by atoms with Crippen LogP contribution in [0.15, 0.2) is 4.99 Å². The molecule has 0 aromatic carbocycles. The molecule has 6 nitrogen and oxygen atoms in total. The molecule has 0 fully saturated rings. The fourth-order valence-corrected chi connectivity index (χ4v) is 2.12.